The normalized spacial score (nSPS) is 14.2. The van der Waals surface area contributed by atoms with E-state index in [0.717, 1.165) is 17.2 Å². The predicted octanol–water partition coefficient (Wildman–Crippen LogP) is 4.87. The number of esters is 1. The summed E-state index contributed by atoms with van der Waals surface area (Å²) >= 11 is 0. The Hall–Kier alpha value is -2.83. The molecule has 1 aliphatic rings. The Balaban J connectivity index is 0.00000155. The van der Waals surface area contributed by atoms with Crippen LogP contribution >= 0.6 is 0 Å². The molecule has 0 atom stereocenters. The van der Waals surface area contributed by atoms with Gasteiger partial charge in [-0.3, -0.25) is 4.79 Å². The fourth-order valence-electron chi connectivity index (χ4n) is 3.64. The van der Waals surface area contributed by atoms with E-state index in [1.54, 1.807) is 6.92 Å². The van der Waals surface area contributed by atoms with Crippen molar-refractivity contribution < 1.29 is 27.5 Å². The summed E-state index contributed by atoms with van der Waals surface area (Å²) in [5.74, 6) is -1.33. The van der Waals surface area contributed by atoms with E-state index >= 15 is 0 Å². The summed E-state index contributed by atoms with van der Waals surface area (Å²) in [4.78, 5) is 25.6. The number of amides is 1. The molecule has 1 aliphatic carbocycles. The molecule has 0 saturated heterocycles. The van der Waals surface area contributed by atoms with E-state index in [4.69, 9.17) is 4.74 Å². The largest absolute Gasteiger partial charge is 0.464 e. The number of carbonyl (C=O) groups is 2. The van der Waals surface area contributed by atoms with Gasteiger partial charge >= 0.3 is 12.1 Å². The molecular formula is C23H26F3NO3. The summed E-state index contributed by atoms with van der Waals surface area (Å²) in [5.41, 5.74) is -0.706. The van der Waals surface area contributed by atoms with Gasteiger partial charge in [0.1, 0.15) is 5.54 Å². The highest BCUT2D eigenvalue weighted by atomic mass is 19.4. The molecule has 2 aromatic rings. The van der Waals surface area contributed by atoms with Gasteiger partial charge in [-0.2, -0.15) is 13.2 Å². The van der Waals surface area contributed by atoms with Gasteiger partial charge in [-0.15, -0.1) is 0 Å². The SMILES string of the molecule is CC.CCOC(=O)C1(NC(=O)c2cccc(C(F)(F)F)c2C)Cc2ccccc2C1. The zero-order chi connectivity index (χ0) is 22.5. The van der Waals surface area contributed by atoms with Crippen LogP contribution in [0.3, 0.4) is 0 Å². The van der Waals surface area contributed by atoms with Gasteiger partial charge < -0.3 is 10.1 Å². The molecular weight excluding hydrogens is 395 g/mol. The smallest absolute Gasteiger partial charge is 0.416 e. The van der Waals surface area contributed by atoms with Gasteiger partial charge in [-0.25, -0.2) is 4.79 Å². The third-order valence-corrected chi connectivity index (χ3v) is 5.01. The van der Waals surface area contributed by atoms with E-state index in [1.165, 1.54) is 19.1 Å². The Labute approximate surface area is 174 Å². The van der Waals surface area contributed by atoms with Crippen molar-refractivity contribution in [2.75, 3.05) is 6.61 Å². The number of hydrogen-bond donors (Lipinski definition) is 1. The zero-order valence-corrected chi connectivity index (χ0v) is 17.5. The minimum absolute atomic E-state index is 0.116. The van der Waals surface area contributed by atoms with E-state index in [-0.39, 0.29) is 30.6 Å². The van der Waals surface area contributed by atoms with Crippen LogP contribution in [0.5, 0.6) is 0 Å². The molecule has 4 nitrogen and oxygen atoms in total. The standard InChI is InChI=1S/C21H20F3NO3.C2H6/c1-3-28-19(27)20(11-14-7-4-5-8-15(14)12-20)25-18(26)16-9-6-10-17(13(16)2)21(22,23)24;1-2/h4-10H,3,11-12H2,1-2H3,(H,25,26);1-2H3. The number of halogens is 3. The first kappa shape index (κ1) is 23.4. The van der Waals surface area contributed by atoms with Crippen molar-refractivity contribution in [1.82, 2.24) is 5.32 Å². The zero-order valence-electron chi connectivity index (χ0n) is 17.5. The number of hydrogen-bond acceptors (Lipinski definition) is 3. The summed E-state index contributed by atoms with van der Waals surface area (Å²) in [7, 11) is 0. The maximum Gasteiger partial charge on any atom is 0.416 e. The van der Waals surface area contributed by atoms with Gasteiger partial charge in [0.25, 0.3) is 5.91 Å². The molecule has 0 spiro atoms. The Morgan fingerprint density at radius 2 is 1.60 bits per heavy atom. The van der Waals surface area contributed by atoms with E-state index < -0.39 is 29.2 Å². The van der Waals surface area contributed by atoms with E-state index in [0.29, 0.717) is 0 Å². The van der Waals surface area contributed by atoms with Crippen molar-refractivity contribution in [2.45, 2.75) is 52.3 Å². The van der Waals surface area contributed by atoms with E-state index in [1.807, 2.05) is 38.1 Å². The van der Waals surface area contributed by atoms with Gasteiger partial charge in [0.2, 0.25) is 0 Å². The first-order valence-electron chi connectivity index (χ1n) is 9.91. The Kier molecular flexibility index (Phi) is 7.29. The highest BCUT2D eigenvalue weighted by Crippen LogP contribution is 2.34. The van der Waals surface area contributed by atoms with Crippen LogP contribution in [-0.4, -0.2) is 24.0 Å². The minimum atomic E-state index is -4.57. The third kappa shape index (κ3) is 4.66. The number of ether oxygens (including phenoxy) is 1. The molecule has 2 aromatic carbocycles. The van der Waals surface area contributed by atoms with Crippen LogP contribution < -0.4 is 5.32 Å². The molecule has 30 heavy (non-hydrogen) atoms. The molecule has 0 bridgehead atoms. The maximum absolute atomic E-state index is 13.2. The summed E-state index contributed by atoms with van der Waals surface area (Å²) < 4.78 is 44.7. The monoisotopic (exact) mass is 421 g/mol. The Bertz CT molecular complexity index is 897. The second-order valence-electron chi connectivity index (χ2n) is 6.85. The average Bonchev–Trinajstić information content (AvgIpc) is 3.08. The first-order chi connectivity index (χ1) is 14.2. The number of carbonyl (C=O) groups excluding carboxylic acids is 2. The fraction of sp³-hybridized carbons (Fsp3) is 0.391. The van der Waals surface area contributed by atoms with Crippen LogP contribution in [0.15, 0.2) is 42.5 Å². The average molecular weight is 421 g/mol. The van der Waals surface area contributed by atoms with Crippen LogP contribution in [0.25, 0.3) is 0 Å². The van der Waals surface area contributed by atoms with Crippen molar-refractivity contribution in [3.8, 4) is 0 Å². The van der Waals surface area contributed by atoms with Crippen LogP contribution in [-0.2, 0) is 28.5 Å². The molecule has 0 aliphatic heterocycles. The molecule has 3 rings (SSSR count). The third-order valence-electron chi connectivity index (χ3n) is 5.01. The van der Waals surface area contributed by atoms with Crippen molar-refractivity contribution in [1.29, 1.82) is 0 Å². The number of benzene rings is 2. The summed E-state index contributed by atoms with van der Waals surface area (Å²) in [6.45, 7) is 7.04. The van der Waals surface area contributed by atoms with E-state index in [2.05, 4.69) is 5.32 Å². The van der Waals surface area contributed by atoms with Gasteiger partial charge in [0.05, 0.1) is 12.2 Å². The van der Waals surface area contributed by atoms with Crippen molar-refractivity contribution in [3.05, 3.63) is 70.3 Å². The molecule has 0 saturated carbocycles. The van der Waals surface area contributed by atoms with Gasteiger partial charge in [-0.1, -0.05) is 44.2 Å². The van der Waals surface area contributed by atoms with Gasteiger partial charge in [-0.05, 0) is 42.7 Å². The lowest BCUT2D eigenvalue weighted by molar-refractivity contribution is -0.150. The number of nitrogens with one attached hydrogen (secondary N) is 1. The highest BCUT2D eigenvalue weighted by Gasteiger charge is 2.47. The molecule has 0 heterocycles. The summed E-state index contributed by atoms with van der Waals surface area (Å²) in [6.07, 6.45) is -4.11. The Morgan fingerprint density at radius 1 is 1.03 bits per heavy atom. The molecule has 0 aromatic heterocycles. The van der Waals surface area contributed by atoms with Crippen molar-refractivity contribution >= 4 is 11.9 Å². The van der Waals surface area contributed by atoms with Crippen LogP contribution in [0.2, 0.25) is 0 Å². The van der Waals surface area contributed by atoms with Gasteiger partial charge in [0.15, 0.2) is 0 Å². The van der Waals surface area contributed by atoms with Gasteiger partial charge in [0, 0.05) is 18.4 Å². The molecule has 0 radical (unpaired) electrons. The second kappa shape index (κ2) is 9.32. The van der Waals surface area contributed by atoms with Crippen LogP contribution in [0, 0.1) is 6.92 Å². The summed E-state index contributed by atoms with van der Waals surface area (Å²) in [6, 6.07) is 10.8. The van der Waals surface area contributed by atoms with Crippen molar-refractivity contribution in [3.63, 3.8) is 0 Å². The topological polar surface area (TPSA) is 55.4 Å². The fourth-order valence-corrected chi connectivity index (χ4v) is 3.64. The lowest BCUT2D eigenvalue weighted by Gasteiger charge is -2.28. The maximum atomic E-state index is 13.2. The van der Waals surface area contributed by atoms with Crippen LogP contribution in [0.1, 0.15) is 53.4 Å². The second-order valence-corrected chi connectivity index (χ2v) is 6.85. The number of fused-ring (bicyclic) bond motifs is 1. The number of alkyl halides is 3. The lowest BCUT2D eigenvalue weighted by atomic mass is 9.94. The number of rotatable bonds is 4. The molecule has 1 N–H and O–H groups in total. The van der Waals surface area contributed by atoms with Crippen LogP contribution in [0.4, 0.5) is 13.2 Å². The van der Waals surface area contributed by atoms with Crippen molar-refractivity contribution in [2.24, 2.45) is 0 Å². The molecule has 7 heteroatoms. The molecule has 1 amide bonds. The minimum Gasteiger partial charge on any atom is -0.464 e. The van der Waals surface area contributed by atoms with E-state index in [9.17, 15) is 22.8 Å². The predicted molar refractivity (Wildman–Crippen MR) is 108 cm³/mol. The first-order valence-corrected chi connectivity index (χ1v) is 9.91. The Morgan fingerprint density at radius 3 is 2.10 bits per heavy atom. The summed E-state index contributed by atoms with van der Waals surface area (Å²) in [5, 5.41) is 2.68. The lowest BCUT2D eigenvalue weighted by Crippen LogP contribution is -2.56. The molecule has 0 fully saturated rings. The quantitative estimate of drug-likeness (QED) is 0.717. The molecule has 162 valence electrons. The molecule has 0 unspecified atom stereocenters. The highest BCUT2D eigenvalue weighted by molar-refractivity contribution is 6.00.